The van der Waals surface area contributed by atoms with Gasteiger partial charge in [0.2, 0.25) is 0 Å². The first-order chi connectivity index (χ1) is 12.7. The van der Waals surface area contributed by atoms with E-state index in [1.54, 1.807) is 7.11 Å². The number of hydrogen-bond donors (Lipinski definition) is 1. The zero-order valence-electron chi connectivity index (χ0n) is 15.9. The molecule has 1 saturated heterocycles. The number of aryl methyl sites for hydroxylation is 1. The van der Waals surface area contributed by atoms with Gasteiger partial charge in [-0.2, -0.15) is 0 Å². The van der Waals surface area contributed by atoms with Crippen LogP contribution in [0, 0.1) is 6.92 Å². The molecular formula is C22H30N2O2. The van der Waals surface area contributed by atoms with Crippen molar-refractivity contribution in [1.29, 1.82) is 0 Å². The Bertz CT molecular complexity index is 704. The van der Waals surface area contributed by atoms with Crippen molar-refractivity contribution in [2.45, 2.75) is 32.5 Å². The summed E-state index contributed by atoms with van der Waals surface area (Å²) in [4.78, 5) is 5.00. The Morgan fingerprint density at radius 3 is 2.46 bits per heavy atom. The van der Waals surface area contributed by atoms with Crippen LogP contribution < -0.4 is 4.74 Å². The van der Waals surface area contributed by atoms with Crippen molar-refractivity contribution in [3.8, 4) is 5.75 Å². The highest BCUT2D eigenvalue weighted by Gasteiger charge is 2.27. The minimum Gasteiger partial charge on any atom is -0.496 e. The van der Waals surface area contributed by atoms with Crippen LogP contribution in [0.3, 0.4) is 0 Å². The second-order valence-corrected chi connectivity index (χ2v) is 7.11. The van der Waals surface area contributed by atoms with Gasteiger partial charge in [0.05, 0.1) is 7.11 Å². The second-order valence-electron chi connectivity index (χ2n) is 7.11. The van der Waals surface area contributed by atoms with Gasteiger partial charge < -0.3 is 9.84 Å². The van der Waals surface area contributed by atoms with Gasteiger partial charge in [-0.3, -0.25) is 9.80 Å². The lowest BCUT2D eigenvalue weighted by Gasteiger charge is -2.41. The van der Waals surface area contributed by atoms with E-state index in [1.165, 1.54) is 16.7 Å². The zero-order valence-corrected chi connectivity index (χ0v) is 15.9. The van der Waals surface area contributed by atoms with E-state index in [2.05, 4.69) is 53.1 Å². The average molecular weight is 354 g/mol. The van der Waals surface area contributed by atoms with Gasteiger partial charge in [-0.05, 0) is 30.5 Å². The number of nitrogens with zero attached hydrogens (tertiary/aromatic N) is 2. The van der Waals surface area contributed by atoms with Gasteiger partial charge in [0, 0.05) is 50.9 Å². The minimum atomic E-state index is 0.234. The number of aliphatic hydroxyl groups is 1. The molecule has 0 spiro atoms. The Morgan fingerprint density at radius 2 is 1.73 bits per heavy atom. The van der Waals surface area contributed by atoms with Gasteiger partial charge in [-0.1, -0.05) is 42.5 Å². The third-order valence-electron chi connectivity index (χ3n) is 5.37. The molecule has 1 heterocycles. The molecule has 3 rings (SSSR count). The zero-order chi connectivity index (χ0) is 18.4. The van der Waals surface area contributed by atoms with Crippen LogP contribution in [0.15, 0.2) is 48.5 Å². The number of aliphatic hydroxyl groups excluding tert-OH is 1. The second kappa shape index (κ2) is 9.17. The van der Waals surface area contributed by atoms with E-state index in [0.717, 1.165) is 44.9 Å². The molecule has 4 heteroatoms. The maximum Gasteiger partial charge on any atom is 0.123 e. The molecule has 0 saturated carbocycles. The lowest BCUT2D eigenvalue weighted by atomic mass is 10.0. The molecule has 1 N–H and O–H groups in total. The topological polar surface area (TPSA) is 35.9 Å². The fourth-order valence-corrected chi connectivity index (χ4v) is 3.81. The van der Waals surface area contributed by atoms with Crippen LogP contribution in [-0.2, 0) is 13.1 Å². The monoisotopic (exact) mass is 354 g/mol. The third-order valence-corrected chi connectivity index (χ3v) is 5.37. The molecule has 4 nitrogen and oxygen atoms in total. The Kier molecular flexibility index (Phi) is 6.67. The number of methoxy groups -OCH3 is 1. The predicted octanol–water partition coefficient (Wildman–Crippen LogP) is 3.07. The van der Waals surface area contributed by atoms with Gasteiger partial charge >= 0.3 is 0 Å². The van der Waals surface area contributed by atoms with E-state index in [9.17, 15) is 5.11 Å². The molecule has 26 heavy (non-hydrogen) atoms. The van der Waals surface area contributed by atoms with Crippen molar-refractivity contribution < 1.29 is 9.84 Å². The van der Waals surface area contributed by atoms with Crippen molar-refractivity contribution in [1.82, 2.24) is 9.80 Å². The summed E-state index contributed by atoms with van der Waals surface area (Å²) in [6.45, 7) is 7.29. The lowest BCUT2D eigenvalue weighted by molar-refractivity contribution is 0.0495. The predicted molar refractivity (Wildman–Crippen MR) is 105 cm³/mol. The Balaban J connectivity index is 1.67. The minimum absolute atomic E-state index is 0.234. The molecule has 140 valence electrons. The fourth-order valence-electron chi connectivity index (χ4n) is 3.81. The fraction of sp³-hybridized carbons (Fsp3) is 0.455. The summed E-state index contributed by atoms with van der Waals surface area (Å²) in [6, 6.07) is 17.2. The van der Waals surface area contributed by atoms with Crippen LogP contribution in [0.2, 0.25) is 0 Å². The maximum absolute atomic E-state index is 9.55. The molecule has 1 fully saturated rings. The van der Waals surface area contributed by atoms with Crippen LogP contribution in [0.1, 0.15) is 23.1 Å². The summed E-state index contributed by atoms with van der Waals surface area (Å²) in [7, 11) is 1.73. The maximum atomic E-state index is 9.55. The van der Waals surface area contributed by atoms with Crippen molar-refractivity contribution >= 4 is 0 Å². The number of piperazine rings is 1. The number of benzene rings is 2. The first kappa shape index (κ1) is 18.9. The molecular weight excluding hydrogens is 324 g/mol. The smallest absolute Gasteiger partial charge is 0.123 e. The highest BCUT2D eigenvalue weighted by molar-refractivity contribution is 5.33. The van der Waals surface area contributed by atoms with Crippen LogP contribution in [0.25, 0.3) is 0 Å². The summed E-state index contributed by atoms with van der Waals surface area (Å²) in [5.74, 6) is 0.952. The summed E-state index contributed by atoms with van der Waals surface area (Å²) >= 11 is 0. The Labute approximate surface area is 157 Å². The van der Waals surface area contributed by atoms with E-state index >= 15 is 0 Å². The molecule has 1 aliphatic rings. The molecule has 1 atom stereocenters. The highest BCUT2D eigenvalue weighted by atomic mass is 16.5. The molecule has 2 aromatic carbocycles. The van der Waals surface area contributed by atoms with E-state index < -0.39 is 0 Å². The van der Waals surface area contributed by atoms with Crippen molar-refractivity contribution in [3.05, 3.63) is 65.2 Å². The van der Waals surface area contributed by atoms with Crippen LogP contribution in [-0.4, -0.2) is 54.3 Å². The van der Waals surface area contributed by atoms with E-state index in [4.69, 9.17) is 4.74 Å². The van der Waals surface area contributed by atoms with Gasteiger partial charge in [0.1, 0.15) is 5.75 Å². The molecule has 1 aliphatic heterocycles. The molecule has 0 bridgehead atoms. The van der Waals surface area contributed by atoms with E-state index in [0.29, 0.717) is 6.04 Å². The average Bonchev–Trinajstić information content (AvgIpc) is 2.66. The molecule has 0 aromatic heterocycles. The van der Waals surface area contributed by atoms with Crippen molar-refractivity contribution in [3.63, 3.8) is 0 Å². The standard InChI is InChI=1S/C22H30N2O2/c1-18-7-3-4-8-19(18)16-24-13-12-23(17-21(24)11-14-25)15-20-9-5-6-10-22(20)26-2/h3-10,21,25H,11-17H2,1-2H3/t21-/m1/s1. The Hall–Kier alpha value is -1.88. The first-order valence-corrected chi connectivity index (χ1v) is 9.45. The van der Waals surface area contributed by atoms with Crippen LogP contribution in [0.5, 0.6) is 5.75 Å². The molecule has 0 aliphatic carbocycles. The summed E-state index contributed by atoms with van der Waals surface area (Å²) in [6.07, 6.45) is 0.814. The van der Waals surface area contributed by atoms with E-state index in [-0.39, 0.29) is 6.61 Å². The summed E-state index contributed by atoms with van der Waals surface area (Å²) in [5, 5.41) is 9.55. The molecule has 0 unspecified atom stereocenters. The summed E-state index contributed by atoms with van der Waals surface area (Å²) in [5.41, 5.74) is 3.95. The molecule has 0 radical (unpaired) electrons. The van der Waals surface area contributed by atoms with Gasteiger partial charge in [0.15, 0.2) is 0 Å². The number of rotatable bonds is 7. The molecule has 0 amide bonds. The number of hydrogen-bond acceptors (Lipinski definition) is 4. The quantitative estimate of drug-likeness (QED) is 0.829. The largest absolute Gasteiger partial charge is 0.496 e. The lowest BCUT2D eigenvalue weighted by Crippen LogP contribution is -2.52. The Morgan fingerprint density at radius 1 is 1.00 bits per heavy atom. The molecule has 2 aromatic rings. The van der Waals surface area contributed by atoms with E-state index in [1.807, 2.05) is 12.1 Å². The summed E-state index contributed by atoms with van der Waals surface area (Å²) < 4.78 is 5.50. The van der Waals surface area contributed by atoms with Crippen LogP contribution >= 0.6 is 0 Å². The third kappa shape index (κ3) is 4.64. The number of para-hydroxylation sites is 1. The first-order valence-electron chi connectivity index (χ1n) is 9.45. The number of ether oxygens (including phenoxy) is 1. The van der Waals surface area contributed by atoms with Crippen molar-refractivity contribution in [2.75, 3.05) is 33.4 Å². The normalized spacial score (nSPS) is 18.8. The van der Waals surface area contributed by atoms with Crippen molar-refractivity contribution in [2.24, 2.45) is 0 Å². The van der Waals surface area contributed by atoms with Gasteiger partial charge in [0.25, 0.3) is 0 Å². The van der Waals surface area contributed by atoms with Crippen LogP contribution in [0.4, 0.5) is 0 Å². The SMILES string of the molecule is COc1ccccc1CN1CCN(Cc2ccccc2C)[C@H](CCO)C1. The van der Waals surface area contributed by atoms with Gasteiger partial charge in [-0.15, -0.1) is 0 Å². The van der Waals surface area contributed by atoms with Gasteiger partial charge in [-0.25, -0.2) is 0 Å². The highest BCUT2D eigenvalue weighted by Crippen LogP contribution is 2.23.